The van der Waals surface area contributed by atoms with Crippen LogP contribution < -0.4 is 0 Å². The summed E-state index contributed by atoms with van der Waals surface area (Å²) in [5.74, 6) is 2.75. The van der Waals surface area contributed by atoms with Gasteiger partial charge >= 0.3 is 6.09 Å². The van der Waals surface area contributed by atoms with Gasteiger partial charge in [0.2, 0.25) is 0 Å². The molecule has 5 aliphatic rings. The summed E-state index contributed by atoms with van der Waals surface area (Å²) < 4.78 is 6.59. The number of carboxylic acid groups (broad SMARTS) is 1. The van der Waals surface area contributed by atoms with Crippen LogP contribution in [-0.4, -0.2) is 51.1 Å². The van der Waals surface area contributed by atoms with Crippen molar-refractivity contribution in [2.24, 2.45) is 56.7 Å². The Balaban J connectivity index is 1.38. The highest BCUT2D eigenvalue weighted by Crippen LogP contribution is 2.77. The predicted molar refractivity (Wildman–Crippen MR) is 158 cm³/mol. The van der Waals surface area contributed by atoms with Gasteiger partial charge in [0.1, 0.15) is 0 Å². The molecule has 0 unspecified atom stereocenters. The van der Waals surface area contributed by atoms with E-state index in [1.165, 1.54) is 37.7 Å². The van der Waals surface area contributed by atoms with E-state index in [2.05, 4.69) is 51.5 Å². The molecule has 0 aromatic carbocycles. The Morgan fingerprint density at radius 3 is 2.44 bits per heavy atom. The minimum atomic E-state index is -1.08. The number of aliphatic hydroxyl groups excluding tert-OH is 1. The molecule has 0 radical (unpaired) electrons. The molecular formula is C34H53N3O4. The number of fused-ring (bicyclic) bond motifs is 7. The fourth-order valence-corrected chi connectivity index (χ4v) is 12.6. The Morgan fingerprint density at radius 2 is 1.76 bits per heavy atom. The topological polar surface area (TPSA) is 97.5 Å². The molecule has 1 aromatic heterocycles. The van der Waals surface area contributed by atoms with E-state index in [0.717, 1.165) is 48.9 Å². The first-order valence-corrected chi connectivity index (χ1v) is 16.2. The number of carbonyl (C=O) groups is 1. The zero-order valence-corrected chi connectivity index (χ0v) is 26.3. The minimum absolute atomic E-state index is 0.0321. The third-order valence-corrected chi connectivity index (χ3v) is 14.7. The number of hydrogen-bond acceptors (Lipinski definition) is 5. The summed E-state index contributed by atoms with van der Waals surface area (Å²) in [6, 6.07) is 0. The van der Waals surface area contributed by atoms with Crippen LogP contribution in [0.3, 0.4) is 0 Å². The third-order valence-electron chi connectivity index (χ3n) is 14.7. The highest BCUT2D eigenvalue weighted by Gasteiger charge is 2.70. The van der Waals surface area contributed by atoms with Gasteiger partial charge in [-0.2, -0.15) is 4.68 Å². The Labute approximate surface area is 246 Å². The Bertz CT molecular complexity index is 1210. The van der Waals surface area contributed by atoms with E-state index in [9.17, 15) is 15.0 Å². The predicted octanol–water partition coefficient (Wildman–Crippen LogP) is 6.99. The lowest BCUT2D eigenvalue weighted by atomic mass is 9.32. The summed E-state index contributed by atoms with van der Waals surface area (Å²) in [6.45, 7) is 17.7. The van der Waals surface area contributed by atoms with Gasteiger partial charge in [-0.05, 0) is 133 Å². The molecule has 1 aromatic rings. The average Bonchev–Trinajstić information content (AvgIpc) is 3.53. The fourth-order valence-electron chi connectivity index (χ4n) is 12.6. The monoisotopic (exact) mass is 567 g/mol. The molecule has 10 atom stereocenters. The molecule has 7 nitrogen and oxygen atoms in total. The summed E-state index contributed by atoms with van der Waals surface area (Å²) in [5, 5.41) is 28.7. The Morgan fingerprint density at radius 1 is 1.00 bits per heavy atom. The molecule has 5 saturated carbocycles. The van der Waals surface area contributed by atoms with E-state index in [1.807, 2.05) is 0 Å². The number of aromatic nitrogens is 3. The summed E-state index contributed by atoms with van der Waals surface area (Å²) in [4.78, 5) is 11.6. The van der Waals surface area contributed by atoms with Gasteiger partial charge in [-0.1, -0.05) is 46.4 Å². The number of hydrogen-bond donors (Lipinski definition) is 2. The maximum atomic E-state index is 11.6. The SMILES string of the molecule is C=C(COC)[C@@H]1CC[C@]2(Cc3cn(C(=O)O)nn3)CC[C@]3(C)[C@H](CC[C@@H]4[C@@]5(C)CC[C@H](O)C(C)(C)[C@@H]5CC[C@]43C)[C@@H]12. The van der Waals surface area contributed by atoms with Crippen LogP contribution in [0.4, 0.5) is 4.79 Å². The first kappa shape index (κ1) is 29.3. The quantitative estimate of drug-likeness (QED) is 0.372. The van der Waals surface area contributed by atoms with Crippen molar-refractivity contribution in [2.45, 2.75) is 111 Å². The molecule has 5 fully saturated rings. The summed E-state index contributed by atoms with van der Waals surface area (Å²) in [5.41, 5.74) is 2.84. The van der Waals surface area contributed by atoms with Crippen LogP contribution in [0.25, 0.3) is 0 Å². The number of rotatable bonds is 5. The zero-order valence-electron chi connectivity index (χ0n) is 26.3. The van der Waals surface area contributed by atoms with Gasteiger partial charge in [0.25, 0.3) is 0 Å². The lowest BCUT2D eigenvalue weighted by molar-refractivity contribution is -0.247. The first-order valence-electron chi connectivity index (χ1n) is 16.2. The summed E-state index contributed by atoms with van der Waals surface area (Å²) >= 11 is 0. The van der Waals surface area contributed by atoms with Gasteiger partial charge < -0.3 is 14.9 Å². The van der Waals surface area contributed by atoms with Crippen LogP contribution in [0.5, 0.6) is 0 Å². The van der Waals surface area contributed by atoms with Gasteiger partial charge in [-0.3, -0.25) is 0 Å². The zero-order chi connectivity index (χ0) is 29.6. The van der Waals surface area contributed by atoms with Crippen molar-refractivity contribution in [3.8, 4) is 0 Å². The van der Waals surface area contributed by atoms with E-state index in [4.69, 9.17) is 4.74 Å². The van der Waals surface area contributed by atoms with Crippen molar-refractivity contribution in [1.29, 1.82) is 0 Å². The van der Waals surface area contributed by atoms with Crippen LogP contribution in [0.15, 0.2) is 18.3 Å². The second-order valence-electron chi connectivity index (χ2n) is 16.3. The molecule has 6 rings (SSSR count). The minimum Gasteiger partial charge on any atom is -0.463 e. The Kier molecular flexibility index (Phi) is 6.90. The summed E-state index contributed by atoms with van der Waals surface area (Å²) in [7, 11) is 1.77. The van der Waals surface area contributed by atoms with Gasteiger partial charge in [-0.15, -0.1) is 5.10 Å². The van der Waals surface area contributed by atoms with Gasteiger partial charge in [0.15, 0.2) is 0 Å². The molecule has 228 valence electrons. The molecule has 2 N–H and O–H groups in total. The highest BCUT2D eigenvalue weighted by molar-refractivity contribution is 5.66. The fraction of sp³-hybridized carbons (Fsp3) is 0.853. The van der Waals surface area contributed by atoms with Crippen molar-refractivity contribution >= 4 is 6.09 Å². The molecule has 1 heterocycles. The van der Waals surface area contributed by atoms with Crippen LogP contribution in [0, 0.1) is 56.7 Å². The van der Waals surface area contributed by atoms with E-state index in [0.29, 0.717) is 36.2 Å². The van der Waals surface area contributed by atoms with Crippen LogP contribution >= 0.6 is 0 Å². The lowest BCUT2D eigenvalue weighted by Gasteiger charge is -2.73. The van der Waals surface area contributed by atoms with E-state index < -0.39 is 6.09 Å². The van der Waals surface area contributed by atoms with Crippen molar-refractivity contribution in [2.75, 3.05) is 13.7 Å². The maximum Gasteiger partial charge on any atom is 0.433 e. The highest BCUT2D eigenvalue weighted by atomic mass is 16.5. The normalized spacial score (nSPS) is 46.6. The van der Waals surface area contributed by atoms with Gasteiger partial charge in [0, 0.05) is 7.11 Å². The van der Waals surface area contributed by atoms with Crippen LogP contribution in [0.2, 0.25) is 0 Å². The second kappa shape index (κ2) is 9.64. The third kappa shape index (κ3) is 3.99. The second-order valence-corrected chi connectivity index (χ2v) is 16.3. The van der Waals surface area contributed by atoms with Gasteiger partial charge in [-0.25, -0.2) is 4.79 Å². The van der Waals surface area contributed by atoms with Crippen LogP contribution in [0.1, 0.15) is 105 Å². The van der Waals surface area contributed by atoms with Crippen molar-refractivity contribution in [3.05, 3.63) is 24.0 Å². The number of ether oxygens (including phenoxy) is 1. The van der Waals surface area contributed by atoms with E-state index >= 15 is 0 Å². The lowest BCUT2D eigenvalue weighted by Crippen LogP contribution is -2.66. The molecule has 0 aliphatic heterocycles. The largest absolute Gasteiger partial charge is 0.463 e. The smallest absolute Gasteiger partial charge is 0.433 e. The number of nitrogens with zero attached hydrogens (tertiary/aromatic N) is 3. The molecule has 0 saturated heterocycles. The van der Waals surface area contributed by atoms with E-state index in [1.54, 1.807) is 13.3 Å². The van der Waals surface area contributed by atoms with Crippen molar-refractivity contribution in [3.63, 3.8) is 0 Å². The molecule has 0 spiro atoms. The maximum absolute atomic E-state index is 11.6. The average molecular weight is 568 g/mol. The summed E-state index contributed by atoms with van der Waals surface area (Å²) in [6.07, 6.45) is 12.8. The molecule has 41 heavy (non-hydrogen) atoms. The van der Waals surface area contributed by atoms with E-state index in [-0.39, 0.29) is 33.2 Å². The number of aliphatic hydroxyl groups is 1. The number of methoxy groups -OCH3 is 1. The molecule has 0 bridgehead atoms. The van der Waals surface area contributed by atoms with Gasteiger partial charge in [0.05, 0.1) is 24.6 Å². The van der Waals surface area contributed by atoms with Crippen LogP contribution in [-0.2, 0) is 11.2 Å². The molecule has 5 aliphatic carbocycles. The first-order chi connectivity index (χ1) is 19.2. The standard InChI is InChI=1S/C34H53N3O4/c1-21(20-41-7)23-10-15-34(18-22-19-37(29(39)40)36-35-22)17-16-32(5)24(28(23)34)8-9-26-31(4)13-12-27(38)30(2,3)25(31)11-14-33(26,32)6/h19,23-28,38H,1,8-18,20H2,2-7H3,(H,39,40)/t23-,24+,25-,26+,27-,28+,31-,32+,33+,34+/m0/s1. The Hall–Kier alpha value is -1.73. The molecule has 7 heteroatoms. The van der Waals surface area contributed by atoms with Crippen molar-refractivity contribution < 1.29 is 19.7 Å². The molecular weight excluding hydrogens is 514 g/mol. The van der Waals surface area contributed by atoms with Crippen molar-refractivity contribution in [1.82, 2.24) is 15.0 Å². The molecule has 0 amide bonds.